The molecule has 4 aliphatic carbocycles. The van der Waals surface area contributed by atoms with Gasteiger partial charge in [-0.1, -0.05) is 73.5 Å². The first-order valence-corrected chi connectivity index (χ1v) is 17.6. The Labute approximate surface area is 270 Å². The third kappa shape index (κ3) is 4.93. The van der Waals surface area contributed by atoms with Crippen LogP contribution in [0.25, 0.3) is 0 Å². The highest BCUT2D eigenvalue weighted by atomic mass is 16.6. The number of ether oxygens (including phenoxy) is 3. The number of allylic oxidation sites excluding steroid dienone is 1. The second kappa shape index (κ2) is 11.6. The summed E-state index contributed by atoms with van der Waals surface area (Å²) in [6.07, 6.45) is 7.37. The Morgan fingerprint density at radius 3 is 2.33 bits per heavy atom. The number of esters is 2. The smallest absolute Gasteiger partial charge is 0.323 e. The van der Waals surface area contributed by atoms with Crippen LogP contribution in [0.15, 0.2) is 11.6 Å². The number of aliphatic carboxylic acids is 1. The van der Waals surface area contributed by atoms with Gasteiger partial charge in [0.05, 0.1) is 19.1 Å². The molecular formula is C37H59NO7. The average Bonchev–Trinajstić information content (AvgIpc) is 2.94. The van der Waals surface area contributed by atoms with Crippen LogP contribution in [0.1, 0.15) is 114 Å². The molecule has 254 valence electrons. The normalized spacial score (nSPS) is 45.2. The Hall–Kier alpha value is -1.93. The lowest BCUT2D eigenvalue weighted by Gasteiger charge is -2.71. The predicted molar refractivity (Wildman–Crippen MR) is 172 cm³/mol. The third-order valence-corrected chi connectivity index (χ3v) is 14.5. The molecule has 8 heteroatoms. The van der Waals surface area contributed by atoms with Crippen molar-refractivity contribution in [2.75, 3.05) is 13.2 Å². The van der Waals surface area contributed by atoms with Crippen LogP contribution in [0.4, 0.5) is 0 Å². The highest BCUT2D eigenvalue weighted by Gasteiger charge is 2.72. The largest absolute Gasteiger partial charge is 0.481 e. The van der Waals surface area contributed by atoms with E-state index in [1.807, 2.05) is 6.92 Å². The zero-order valence-electron chi connectivity index (χ0n) is 29.2. The van der Waals surface area contributed by atoms with Crippen molar-refractivity contribution >= 4 is 17.9 Å². The molecule has 3 N–H and O–H groups in total. The SMILES string of the molecule is CCCC(N)C(=O)O[C@H]1[C@H](OC(C)=O)C[C@]23COC[C@]1(C)[C@@H]2CC[C@H]1C3=CC[C@@]2(C)[C@H](C(=O)O)[C@@](C)(C(C)C(C)C)CC[C@]12C. The van der Waals surface area contributed by atoms with E-state index in [1.54, 1.807) is 0 Å². The number of nitrogens with two attached hydrogens (primary N) is 1. The first-order valence-electron chi connectivity index (χ1n) is 17.6. The maximum absolute atomic E-state index is 13.3. The summed E-state index contributed by atoms with van der Waals surface area (Å²) in [6.45, 7) is 20.0. The Balaban J connectivity index is 1.58. The number of carbonyl (C=O) groups excluding carboxylic acids is 2. The number of hydrogen-bond donors (Lipinski definition) is 2. The summed E-state index contributed by atoms with van der Waals surface area (Å²) in [5.74, 6) is -0.929. The van der Waals surface area contributed by atoms with E-state index >= 15 is 0 Å². The minimum absolute atomic E-state index is 0.173. The van der Waals surface area contributed by atoms with Crippen LogP contribution in [0.5, 0.6) is 0 Å². The maximum atomic E-state index is 13.3. The monoisotopic (exact) mass is 629 g/mol. The van der Waals surface area contributed by atoms with Crippen molar-refractivity contribution in [1.29, 1.82) is 0 Å². The van der Waals surface area contributed by atoms with Gasteiger partial charge in [0.2, 0.25) is 0 Å². The van der Waals surface area contributed by atoms with Crippen LogP contribution in [0, 0.1) is 56.7 Å². The summed E-state index contributed by atoms with van der Waals surface area (Å²) in [5.41, 5.74) is 5.69. The fraction of sp³-hybridized carbons (Fsp3) is 0.865. The van der Waals surface area contributed by atoms with Gasteiger partial charge in [0.25, 0.3) is 0 Å². The van der Waals surface area contributed by atoms with Gasteiger partial charge in [-0.3, -0.25) is 14.4 Å². The minimum atomic E-state index is -0.722. The molecule has 5 aliphatic rings. The van der Waals surface area contributed by atoms with Gasteiger partial charge < -0.3 is 25.1 Å². The molecule has 8 nitrogen and oxygen atoms in total. The van der Waals surface area contributed by atoms with Crippen molar-refractivity contribution in [2.24, 2.45) is 62.4 Å². The van der Waals surface area contributed by atoms with E-state index in [4.69, 9.17) is 19.9 Å². The summed E-state index contributed by atoms with van der Waals surface area (Å²) < 4.78 is 18.7. The van der Waals surface area contributed by atoms with E-state index in [9.17, 15) is 19.5 Å². The lowest BCUT2D eigenvalue weighted by Crippen LogP contribution is -2.70. The molecule has 0 aromatic heterocycles. The second-order valence-corrected chi connectivity index (χ2v) is 17.0. The Kier molecular flexibility index (Phi) is 8.90. The number of rotatable bonds is 8. The average molecular weight is 630 g/mol. The lowest BCUT2D eigenvalue weighted by molar-refractivity contribution is -0.263. The summed E-state index contributed by atoms with van der Waals surface area (Å²) in [5, 5.41) is 10.9. The molecule has 0 amide bonds. The van der Waals surface area contributed by atoms with Crippen molar-refractivity contribution in [3.63, 3.8) is 0 Å². The lowest BCUT2D eigenvalue weighted by atomic mass is 9.34. The van der Waals surface area contributed by atoms with Crippen LogP contribution in [-0.4, -0.2) is 54.5 Å². The molecule has 2 unspecified atom stereocenters. The molecule has 3 saturated carbocycles. The van der Waals surface area contributed by atoms with Crippen LogP contribution in [-0.2, 0) is 28.6 Å². The molecule has 2 bridgehead atoms. The van der Waals surface area contributed by atoms with Crippen molar-refractivity contribution < 1.29 is 33.7 Å². The molecule has 0 aromatic rings. The Bertz CT molecular complexity index is 1230. The predicted octanol–water partition coefficient (Wildman–Crippen LogP) is 6.55. The van der Waals surface area contributed by atoms with Gasteiger partial charge in [0.1, 0.15) is 18.2 Å². The summed E-state index contributed by atoms with van der Waals surface area (Å²) in [7, 11) is 0. The maximum Gasteiger partial charge on any atom is 0.323 e. The van der Waals surface area contributed by atoms with E-state index in [0.29, 0.717) is 38.4 Å². The molecule has 12 atom stereocenters. The summed E-state index contributed by atoms with van der Waals surface area (Å²) in [4.78, 5) is 39.0. The van der Waals surface area contributed by atoms with Crippen molar-refractivity contribution in [1.82, 2.24) is 0 Å². The Morgan fingerprint density at radius 1 is 1.04 bits per heavy atom. The molecule has 4 fully saturated rings. The van der Waals surface area contributed by atoms with Crippen LogP contribution in [0.3, 0.4) is 0 Å². The van der Waals surface area contributed by atoms with E-state index in [2.05, 4.69) is 54.5 Å². The summed E-state index contributed by atoms with van der Waals surface area (Å²) >= 11 is 0. The number of hydrogen-bond acceptors (Lipinski definition) is 7. The van der Waals surface area contributed by atoms with Gasteiger partial charge in [-0.2, -0.15) is 0 Å². The zero-order chi connectivity index (χ0) is 33.3. The van der Waals surface area contributed by atoms with Crippen LogP contribution in [0.2, 0.25) is 0 Å². The van der Waals surface area contributed by atoms with E-state index < -0.39 is 52.9 Å². The third-order valence-electron chi connectivity index (χ3n) is 14.5. The molecule has 5 rings (SSSR count). The topological polar surface area (TPSA) is 125 Å². The van der Waals surface area contributed by atoms with Crippen LogP contribution < -0.4 is 5.73 Å². The molecule has 0 aromatic carbocycles. The highest BCUT2D eigenvalue weighted by Crippen LogP contribution is 2.75. The molecule has 0 radical (unpaired) electrons. The first-order chi connectivity index (χ1) is 20.9. The molecule has 1 saturated heterocycles. The molecule has 0 spiro atoms. The van der Waals surface area contributed by atoms with Crippen molar-refractivity contribution in [3.05, 3.63) is 11.6 Å². The van der Waals surface area contributed by atoms with Gasteiger partial charge in [-0.15, -0.1) is 0 Å². The molecule has 45 heavy (non-hydrogen) atoms. The quantitative estimate of drug-likeness (QED) is 0.229. The standard InChI is InChI=1S/C37H59NO7/c1-10-11-26(38)32(42)45-30-27(44-23(5)39)18-37-20-43-19-34(30,7)28(37)13-12-24-25(37)14-15-36(9)29(31(40)41)33(6,22(4)21(2)3)16-17-35(24,36)8/h14,21-22,24,26-30H,10-13,15-20,38H2,1-9H3,(H,40,41)/t22?,24-,26?,27+,28-,29+,30-,33+,34+,35+,36-,37+/m0/s1. The van der Waals surface area contributed by atoms with Gasteiger partial charge in [0, 0.05) is 17.8 Å². The van der Waals surface area contributed by atoms with Gasteiger partial charge in [0.15, 0.2) is 0 Å². The fourth-order valence-corrected chi connectivity index (χ4v) is 11.7. The zero-order valence-corrected chi connectivity index (χ0v) is 29.2. The van der Waals surface area contributed by atoms with Gasteiger partial charge in [-0.05, 0) is 84.9 Å². The fourth-order valence-electron chi connectivity index (χ4n) is 11.7. The molecule has 1 aliphatic heterocycles. The number of fused-ring (bicyclic) bond motifs is 3. The number of carboxylic acid groups (broad SMARTS) is 1. The highest BCUT2D eigenvalue weighted by molar-refractivity contribution is 5.76. The van der Waals surface area contributed by atoms with Crippen LogP contribution >= 0.6 is 0 Å². The number of carboxylic acids is 1. The Morgan fingerprint density at radius 2 is 1.73 bits per heavy atom. The second-order valence-electron chi connectivity index (χ2n) is 17.0. The van der Waals surface area contributed by atoms with E-state index in [1.165, 1.54) is 12.5 Å². The molecular weight excluding hydrogens is 570 g/mol. The molecule has 1 heterocycles. The van der Waals surface area contributed by atoms with Gasteiger partial charge >= 0.3 is 17.9 Å². The minimum Gasteiger partial charge on any atom is -0.481 e. The summed E-state index contributed by atoms with van der Waals surface area (Å²) in [6, 6.07) is -0.722. The first kappa shape index (κ1) is 34.4. The van der Waals surface area contributed by atoms with E-state index in [-0.39, 0.29) is 34.0 Å². The van der Waals surface area contributed by atoms with Crippen molar-refractivity contribution in [2.45, 2.75) is 132 Å². The van der Waals surface area contributed by atoms with Crippen molar-refractivity contribution in [3.8, 4) is 0 Å². The number of carbonyl (C=O) groups is 3. The van der Waals surface area contributed by atoms with E-state index in [0.717, 1.165) is 32.1 Å². The van der Waals surface area contributed by atoms with Gasteiger partial charge in [-0.25, -0.2) is 0 Å².